The van der Waals surface area contributed by atoms with Gasteiger partial charge in [0.1, 0.15) is 0 Å². The molecule has 1 N–H and O–H groups in total. The summed E-state index contributed by atoms with van der Waals surface area (Å²) >= 11 is 0. The van der Waals surface area contributed by atoms with Crippen LogP contribution in [-0.4, -0.2) is 25.8 Å². The number of nitrogens with one attached hydrogen (secondary N) is 1. The van der Waals surface area contributed by atoms with Gasteiger partial charge in [0.25, 0.3) is 0 Å². The highest BCUT2D eigenvalue weighted by atomic mass is 16.5. The molecular formula is C17H29NO. The predicted octanol–water partition coefficient (Wildman–Crippen LogP) is 3.59. The topological polar surface area (TPSA) is 21.3 Å². The average molecular weight is 263 g/mol. The summed E-state index contributed by atoms with van der Waals surface area (Å²) in [5.74, 6) is 0. The minimum Gasteiger partial charge on any atom is -0.381 e. The van der Waals surface area contributed by atoms with Crippen molar-refractivity contribution in [1.29, 1.82) is 0 Å². The van der Waals surface area contributed by atoms with Crippen molar-refractivity contribution < 1.29 is 4.74 Å². The van der Waals surface area contributed by atoms with Gasteiger partial charge in [0.05, 0.1) is 0 Å². The van der Waals surface area contributed by atoms with Gasteiger partial charge in [-0.3, -0.25) is 0 Å². The van der Waals surface area contributed by atoms with Crippen molar-refractivity contribution in [3.63, 3.8) is 0 Å². The molecule has 108 valence electrons. The maximum Gasteiger partial charge on any atom is 0.0480 e. The third-order valence-corrected chi connectivity index (χ3v) is 3.37. The number of ether oxygens (including phenoxy) is 1. The Bertz CT molecular complexity index is 321. The Hall–Kier alpha value is -0.860. The van der Waals surface area contributed by atoms with Crippen LogP contribution in [0.15, 0.2) is 24.3 Å². The van der Waals surface area contributed by atoms with Gasteiger partial charge >= 0.3 is 0 Å². The SMILES string of the molecule is CCCOCCC(Cc1ccc(CC)cc1)NCC. The van der Waals surface area contributed by atoms with Gasteiger partial charge in [0.15, 0.2) is 0 Å². The highest BCUT2D eigenvalue weighted by Gasteiger charge is 2.08. The van der Waals surface area contributed by atoms with Gasteiger partial charge in [-0.15, -0.1) is 0 Å². The zero-order valence-corrected chi connectivity index (χ0v) is 12.7. The van der Waals surface area contributed by atoms with Gasteiger partial charge in [0.2, 0.25) is 0 Å². The number of hydrogen-bond donors (Lipinski definition) is 1. The summed E-state index contributed by atoms with van der Waals surface area (Å²) in [6, 6.07) is 9.53. The minimum absolute atomic E-state index is 0.523. The molecule has 0 saturated carbocycles. The fraction of sp³-hybridized carbons (Fsp3) is 0.647. The van der Waals surface area contributed by atoms with Crippen molar-refractivity contribution in [2.24, 2.45) is 0 Å². The lowest BCUT2D eigenvalue weighted by molar-refractivity contribution is 0.124. The van der Waals surface area contributed by atoms with E-state index < -0.39 is 0 Å². The second-order valence-electron chi connectivity index (χ2n) is 5.03. The molecule has 0 spiro atoms. The lowest BCUT2D eigenvalue weighted by Gasteiger charge is -2.18. The Morgan fingerprint density at radius 2 is 1.68 bits per heavy atom. The number of hydrogen-bond acceptors (Lipinski definition) is 2. The zero-order valence-electron chi connectivity index (χ0n) is 12.7. The van der Waals surface area contributed by atoms with E-state index in [1.165, 1.54) is 11.1 Å². The lowest BCUT2D eigenvalue weighted by atomic mass is 10.0. The maximum absolute atomic E-state index is 5.59. The van der Waals surface area contributed by atoms with Gasteiger partial charge < -0.3 is 10.1 Å². The van der Waals surface area contributed by atoms with Crippen molar-refractivity contribution in [2.75, 3.05) is 19.8 Å². The van der Waals surface area contributed by atoms with E-state index >= 15 is 0 Å². The molecule has 0 bridgehead atoms. The van der Waals surface area contributed by atoms with E-state index in [1.54, 1.807) is 0 Å². The molecule has 1 rings (SSSR count). The van der Waals surface area contributed by atoms with Crippen LogP contribution < -0.4 is 5.32 Å². The van der Waals surface area contributed by atoms with Crippen molar-refractivity contribution in [2.45, 2.75) is 52.5 Å². The third kappa shape index (κ3) is 6.74. The molecule has 2 nitrogen and oxygen atoms in total. The Morgan fingerprint density at radius 1 is 1.00 bits per heavy atom. The smallest absolute Gasteiger partial charge is 0.0480 e. The molecule has 0 aliphatic heterocycles. The summed E-state index contributed by atoms with van der Waals surface area (Å²) in [4.78, 5) is 0. The summed E-state index contributed by atoms with van der Waals surface area (Å²) in [6.45, 7) is 9.27. The van der Waals surface area contributed by atoms with E-state index in [4.69, 9.17) is 4.74 Å². The van der Waals surface area contributed by atoms with Crippen LogP contribution in [0.2, 0.25) is 0 Å². The van der Waals surface area contributed by atoms with E-state index in [0.717, 1.165) is 45.4 Å². The molecule has 1 aromatic carbocycles. The molecule has 0 radical (unpaired) electrons. The van der Waals surface area contributed by atoms with Crippen LogP contribution in [0.3, 0.4) is 0 Å². The van der Waals surface area contributed by atoms with Gasteiger partial charge in [0, 0.05) is 19.3 Å². The molecular weight excluding hydrogens is 234 g/mol. The van der Waals surface area contributed by atoms with Gasteiger partial charge in [-0.1, -0.05) is 45.0 Å². The first-order valence-electron chi connectivity index (χ1n) is 7.69. The number of rotatable bonds is 10. The highest BCUT2D eigenvalue weighted by molar-refractivity contribution is 5.23. The molecule has 0 fully saturated rings. The van der Waals surface area contributed by atoms with E-state index in [1.807, 2.05) is 0 Å². The first-order chi connectivity index (χ1) is 9.30. The third-order valence-electron chi connectivity index (χ3n) is 3.37. The lowest BCUT2D eigenvalue weighted by Crippen LogP contribution is -2.32. The molecule has 0 aliphatic rings. The first kappa shape index (κ1) is 16.2. The number of likely N-dealkylation sites (N-methyl/N-ethyl adjacent to an activating group) is 1. The molecule has 1 atom stereocenters. The second-order valence-corrected chi connectivity index (χ2v) is 5.03. The Labute approximate surface area is 118 Å². The average Bonchev–Trinajstić information content (AvgIpc) is 2.44. The van der Waals surface area contributed by atoms with Gasteiger partial charge in [-0.05, 0) is 43.4 Å². The maximum atomic E-state index is 5.59. The minimum atomic E-state index is 0.523. The summed E-state index contributed by atoms with van der Waals surface area (Å²) in [5.41, 5.74) is 2.83. The van der Waals surface area contributed by atoms with Crippen molar-refractivity contribution >= 4 is 0 Å². The van der Waals surface area contributed by atoms with E-state index in [9.17, 15) is 0 Å². The van der Waals surface area contributed by atoms with Crippen molar-refractivity contribution in [1.82, 2.24) is 5.32 Å². The highest BCUT2D eigenvalue weighted by Crippen LogP contribution is 2.09. The molecule has 0 heterocycles. The molecule has 19 heavy (non-hydrogen) atoms. The van der Waals surface area contributed by atoms with Crippen LogP contribution in [0.25, 0.3) is 0 Å². The van der Waals surface area contributed by atoms with Crippen molar-refractivity contribution in [3.05, 3.63) is 35.4 Å². The van der Waals surface area contributed by atoms with Crippen molar-refractivity contribution in [3.8, 4) is 0 Å². The molecule has 0 amide bonds. The summed E-state index contributed by atoms with van der Waals surface area (Å²) in [6.07, 6.45) is 4.39. The van der Waals surface area contributed by atoms with Crippen LogP contribution in [0.4, 0.5) is 0 Å². The van der Waals surface area contributed by atoms with Gasteiger partial charge in [-0.25, -0.2) is 0 Å². The number of benzene rings is 1. The normalized spacial score (nSPS) is 12.6. The largest absolute Gasteiger partial charge is 0.381 e. The summed E-state index contributed by atoms with van der Waals surface area (Å²) in [7, 11) is 0. The Kier molecular flexibility index (Phi) is 8.52. The molecule has 0 aliphatic carbocycles. The fourth-order valence-electron chi connectivity index (χ4n) is 2.23. The van der Waals surface area contributed by atoms with Gasteiger partial charge in [-0.2, -0.15) is 0 Å². The van der Waals surface area contributed by atoms with E-state index in [-0.39, 0.29) is 0 Å². The molecule has 0 saturated heterocycles. The van der Waals surface area contributed by atoms with Crippen LogP contribution in [-0.2, 0) is 17.6 Å². The molecule has 1 aromatic rings. The summed E-state index contributed by atoms with van der Waals surface area (Å²) < 4.78 is 5.59. The van der Waals surface area contributed by atoms with Crippen LogP contribution >= 0.6 is 0 Å². The zero-order chi connectivity index (χ0) is 13.9. The van der Waals surface area contributed by atoms with E-state index in [2.05, 4.69) is 50.4 Å². The first-order valence-corrected chi connectivity index (χ1v) is 7.69. The van der Waals surface area contributed by atoms with Crippen LogP contribution in [0.1, 0.15) is 44.7 Å². The van der Waals surface area contributed by atoms with Crippen LogP contribution in [0, 0.1) is 0 Å². The molecule has 0 aromatic heterocycles. The quantitative estimate of drug-likeness (QED) is 0.651. The van der Waals surface area contributed by atoms with Crippen LogP contribution in [0.5, 0.6) is 0 Å². The number of aryl methyl sites for hydroxylation is 1. The Morgan fingerprint density at radius 3 is 2.26 bits per heavy atom. The predicted molar refractivity (Wildman–Crippen MR) is 82.7 cm³/mol. The molecule has 2 heteroatoms. The molecule has 1 unspecified atom stereocenters. The monoisotopic (exact) mass is 263 g/mol. The second kappa shape index (κ2) is 9.99. The summed E-state index contributed by atoms with van der Waals surface area (Å²) in [5, 5.41) is 3.56. The van der Waals surface area contributed by atoms with E-state index in [0.29, 0.717) is 6.04 Å². The standard InChI is InChI=1S/C17H29NO/c1-4-12-19-13-11-17(18-6-3)14-16-9-7-15(5-2)8-10-16/h7-10,17-18H,4-6,11-14H2,1-3H3. The Balaban J connectivity index is 2.42. The fourth-order valence-corrected chi connectivity index (χ4v) is 2.23.